The van der Waals surface area contributed by atoms with Crippen LogP contribution in [0.25, 0.3) is 0 Å². The number of nitrogens with one attached hydrogen (secondary N) is 2. The average Bonchev–Trinajstić information content (AvgIpc) is 3.33. The second kappa shape index (κ2) is 5.80. The van der Waals surface area contributed by atoms with E-state index in [1.54, 1.807) is 6.20 Å². The molecule has 0 amide bonds. The van der Waals surface area contributed by atoms with Crippen molar-refractivity contribution in [3.05, 3.63) is 36.4 Å². The van der Waals surface area contributed by atoms with Crippen molar-refractivity contribution in [3.8, 4) is 0 Å². The predicted octanol–water partition coefficient (Wildman–Crippen LogP) is 4.06. The molecule has 2 heterocycles. The van der Waals surface area contributed by atoms with Gasteiger partial charge in [0.05, 0.1) is 18.1 Å². The summed E-state index contributed by atoms with van der Waals surface area (Å²) in [6.45, 7) is 2.03. The highest BCUT2D eigenvalue weighted by Crippen LogP contribution is 2.56. The Hall–Kier alpha value is -2.17. The van der Waals surface area contributed by atoms with Gasteiger partial charge in [0.1, 0.15) is 0 Å². The van der Waals surface area contributed by atoms with E-state index in [1.165, 1.54) is 38.5 Å². The normalized spacial score (nSPS) is 19.5. The molecule has 0 atom stereocenters. The van der Waals surface area contributed by atoms with Gasteiger partial charge in [-0.1, -0.05) is 0 Å². The largest absolute Gasteiger partial charge is 0.353 e. The SMILES string of the molecule is Cc1cnccc1Nc1cnc(NC2CCC3(CC2)CC3)nc1. The Balaban J connectivity index is 1.35. The zero-order valence-corrected chi connectivity index (χ0v) is 13.5. The highest BCUT2D eigenvalue weighted by molar-refractivity contribution is 5.61. The van der Waals surface area contributed by atoms with E-state index in [1.807, 2.05) is 31.6 Å². The molecule has 0 aliphatic heterocycles. The number of pyridine rings is 1. The zero-order valence-electron chi connectivity index (χ0n) is 13.5. The molecule has 23 heavy (non-hydrogen) atoms. The van der Waals surface area contributed by atoms with Gasteiger partial charge in [0.2, 0.25) is 5.95 Å². The lowest BCUT2D eigenvalue weighted by Gasteiger charge is -2.28. The van der Waals surface area contributed by atoms with Crippen LogP contribution < -0.4 is 10.6 Å². The first-order valence-corrected chi connectivity index (χ1v) is 8.49. The van der Waals surface area contributed by atoms with Crippen molar-refractivity contribution in [2.45, 2.75) is 51.5 Å². The molecule has 2 fully saturated rings. The van der Waals surface area contributed by atoms with Crippen molar-refractivity contribution >= 4 is 17.3 Å². The van der Waals surface area contributed by atoms with Gasteiger partial charge in [-0.25, -0.2) is 9.97 Å². The number of hydrogen-bond donors (Lipinski definition) is 2. The van der Waals surface area contributed by atoms with Crippen LogP contribution in [-0.4, -0.2) is 21.0 Å². The van der Waals surface area contributed by atoms with Gasteiger partial charge in [-0.3, -0.25) is 4.98 Å². The summed E-state index contributed by atoms with van der Waals surface area (Å²) in [5, 5.41) is 6.82. The van der Waals surface area contributed by atoms with Gasteiger partial charge >= 0.3 is 0 Å². The third kappa shape index (κ3) is 3.28. The summed E-state index contributed by atoms with van der Waals surface area (Å²) in [6, 6.07) is 2.49. The lowest BCUT2D eigenvalue weighted by Crippen LogP contribution is -2.27. The van der Waals surface area contributed by atoms with Crippen LogP contribution >= 0.6 is 0 Å². The highest BCUT2D eigenvalue weighted by atomic mass is 15.1. The van der Waals surface area contributed by atoms with Crippen LogP contribution in [0, 0.1) is 12.3 Å². The van der Waals surface area contributed by atoms with Gasteiger partial charge in [0, 0.05) is 24.1 Å². The van der Waals surface area contributed by atoms with E-state index in [0.29, 0.717) is 6.04 Å². The van der Waals surface area contributed by atoms with Crippen molar-refractivity contribution < 1.29 is 0 Å². The molecule has 2 aliphatic rings. The van der Waals surface area contributed by atoms with E-state index < -0.39 is 0 Å². The fourth-order valence-corrected chi connectivity index (χ4v) is 3.47. The van der Waals surface area contributed by atoms with E-state index in [-0.39, 0.29) is 0 Å². The molecule has 0 saturated heterocycles. The molecule has 4 rings (SSSR count). The molecule has 5 heteroatoms. The summed E-state index contributed by atoms with van der Waals surface area (Å²) >= 11 is 0. The minimum atomic E-state index is 0.530. The number of aromatic nitrogens is 3. The maximum absolute atomic E-state index is 4.45. The molecule has 5 nitrogen and oxygen atoms in total. The summed E-state index contributed by atoms with van der Waals surface area (Å²) in [5.74, 6) is 0.735. The molecule has 2 aromatic rings. The smallest absolute Gasteiger partial charge is 0.222 e. The van der Waals surface area contributed by atoms with Crippen LogP contribution in [0.5, 0.6) is 0 Å². The quantitative estimate of drug-likeness (QED) is 0.892. The molecule has 0 aromatic carbocycles. The number of anilines is 3. The second-order valence-electron chi connectivity index (χ2n) is 7.03. The standard InChI is InChI=1S/C18H23N5/c1-13-10-19-9-4-16(13)22-15-11-20-17(21-12-15)23-14-2-5-18(6-3-14)7-8-18/h4,9-12,14H,2-3,5-8H2,1H3,(H,19,22)(H,20,21,23). The Morgan fingerprint density at radius 3 is 2.43 bits per heavy atom. The molecular formula is C18H23N5. The Kier molecular flexibility index (Phi) is 3.63. The van der Waals surface area contributed by atoms with Crippen LogP contribution in [-0.2, 0) is 0 Å². The summed E-state index contributed by atoms with van der Waals surface area (Å²) in [4.78, 5) is 13.0. The van der Waals surface area contributed by atoms with Crippen LogP contribution in [0.2, 0.25) is 0 Å². The molecule has 2 N–H and O–H groups in total. The molecule has 0 bridgehead atoms. The van der Waals surface area contributed by atoms with Gasteiger partial charge in [-0.05, 0) is 62.5 Å². The van der Waals surface area contributed by atoms with Crippen LogP contribution in [0.3, 0.4) is 0 Å². The van der Waals surface area contributed by atoms with Gasteiger partial charge < -0.3 is 10.6 Å². The first-order valence-electron chi connectivity index (χ1n) is 8.49. The number of nitrogens with zero attached hydrogens (tertiary/aromatic N) is 3. The van der Waals surface area contributed by atoms with Crippen LogP contribution in [0.15, 0.2) is 30.9 Å². The molecule has 0 radical (unpaired) electrons. The number of aryl methyl sites for hydroxylation is 1. The topological polar surface area (TPSA) is 62.7 Å². The first kappa shape index (κ1) is 14.4. The lowest BCUT2D eigenvalue weighted by atomic mass is 9.83. The van der Waals surface area contributed by atoms with Crippen LogP contribution in [0.4, 0.5) is 17.3 Å². The van der Waals surface area contributed by atoms with Gasteiger partial charge in [-0.15, -0.1) is 0 Å². The Morgan fingerprint density at radius 1 is 1.04 bits per heavy atom. The lowest BCUT2D eigenvalue weighted by molar-refractivity contribution is 0.316. The predicted molar refractivity (Wildman–Crippen MR) is 91.8 cm³/mol. The fourth-order valence-electron chi connectivity index (χ4n) is 3.47. The number of hydrogen-bond acceptors (Lipinski definition) is 5. The van der Waals surface area contributed by atoms with Gasteiger partial charge in [-0.2, -0.15) is 0 Å². The van der Waals surface area contributed by atoms with E-state index in [2.05, 4.69) is 25.6 Å². The fraction of sp³-hybridized carbons (Fsp3) is 0.500. The Labute approximate surface area is 137 Å². The van der Waals surface area contributed by atoms with Gasteiger partial charge in [0.15, 0.2) is 0 Å². The van der Waals surface area contributed by atoms with Crippen molar-refractivity contribution in [1.82, 2.24) is 15.0 Å². The third-order valence-corrected chi connectivity index (χ3v) is 5.29. The highest BCUT2D eigenvalue weighted by Gasteiger charge is 2.44. The maximum atomic E-state index is 4.45. The summed E-state index contributed by atoms with van der Waals surface area (Å²) < 4.78 is 0. The Morgan fingerprint density at radius 2 is 1.78 bits per heavy atom. The van der Waals surface area contributed by atoms with E-state index in [9.17, 15) is 0 Å². The number of rotatable bonds is 4. The minimum absolute atomic E-state index is 0.530. The first-order chi connectivity index (χ1) is 11.2. The van der Waals surface area contributed by atoms with Crippen molar-refractivity contribution in [2.75, 3.05) is 10.6 Å². The zero-order chi connectivity index (χ0) is 15.7. The Bertz CT molecular complexity index is 668. The molecular weight excluding hydrogens is 286 g/mol. The summed E-state index contributed by atoms with van der Waals surface area (Å²) in [7, 11) is 0. The van der Waals surface area contributed by atoms with Gasteiger partial charge in [0.25, 0.3) is 0 Å². The molecule has 120 valence electrons. The molecule has 2 saturated carbocycles. The molecule has 2 aliphatic carbocycles. The monoisotopic (exact) mass is 309 g/mol. The maximum Gasteiger partial charge on any atom is 0.222 e. The van der Waals surface area contributed by atoms with Crippen molar-refractivity contribution in [3.63, 3.8) is 0 Å². The molecule has 2 aromatic heterocycles. The average molecular weight is 309 g/mol. The van der Waals surface area contributed by atoms with Crippen LogP contribution in [0.1, 0.15) is 44.1 Å². The second-order valence-corrected chi connectivity index (χ2v) is 7.03. The molecule has 0 unspecified atom stereocenters. The van der Waals surface area contributed by atoms with E-state index in [4.69, 9.17) is 0 Å². The molecule has 1 spiro atoms. The van der Waals surface area contributed by atoms with Crippen molar-refractivity contribution in [2.24, 2.45) is 5.41 Å². The summed E-state index contributed by atoms with van der Waals surface area (Å²) in [5.41, 5.74) is 3.76. The third-order valence-electron chi connectivity index (χ3n) is 5.29. The summed E-state index contributed by atoms with van der Waals surface area (Å²) in [6.07, 6.45) is 15.4. The minimum Gasteiger partial charge on any atom is -0.353 e. The van der Waals surface area contributed by atoms with E-state index >= 15 is 0 Å². The van der Waals surface area contributed by atoms with Crippen molar-refractivity contribution in [1.29, 1.82) is 0 Å². The van der Waals surface area contributed by atoms with E-state index in [0.717, 1.165) is 28.3 Å².